The third-order valence-electron chi connectivity index (χ3n) is 5.80. The van der Waals surface area contributed by atoms with Gasteiger partial charge in [-0.1, -0.05) is 30.3 Å². The maximum Gasteiger partial charge on any atom is 0.119 e. The second-order valence-corrected chi connectivity index (χ2v) is 7.71. The Balaban J connectivity index is 1.46. The first-order valence-electron chi connectivity index (χ1n) is 10.3. The second-order valence-electron chi connectivity index (χ2n) is 7.71. The molecule has 0 radical (unpaired) electrons. The summed E-state index contributed by atoms with van der Waals surface area (Å²) in [7, 11) is 1.70. The molecule has 3 aromatic rings. The molecule has 2 aromatic carbocycles. The fourth-order valence-corrected chi connectivity index (χ4v) is 4.28. The van der Waals surface area contributed by atoms with E-state index < -0.39 is 0 Å². The number of rotatable bonds is 7. The van der Waals surface area contributed by atoms with E-state index in [1.165, 1.54) is 16.5 Å². The molecular formula is C24H29N3O2. The largest absolute Gasteiger partial charge is 0.497 e. The fourth-order valence-electron chi connectivity index (χ4n) is 4.28. The Morgan fingerprint density at radius 1 is 1.07 bits per heavy atom. The molecule has 1 atom stereocenters. The van der Waals surface area contributed by atoms with E-state index >= 15 is 0 Å². The summed E-state index contributed by atoms with van der Waals surface area (Å²) in [5, 5.41) is 10.9. The summed E-state index contributed by atoms with van der Waals surface area (Å²) >= 11 is 0. The van der Waals surface area contributed by atoms with Gasteiger partial charge in [0.25, 0.3) is 0 Å². The van der Waals surface area contributed by atoms with Gasteiger partial charge in [0.05, 0.1) is 12.6 Å². The van der Waals surface area contributed by atoms with Gasteiger partial charge in [0, 0.05) is 57.0 Å². The molecule has 5 heteroatoms. The molecule has 0 aliphatic carbocycles. The van der Waals surface area contributed by atoms with E-state index in [-0.39, 0.29) is 6.61 Å². The standard InChI is InChI=1S/C24H29N3O2/c1-29-22-7-2-5-19(15-22)16-27-13-12-26(18-21(27)10-14-28)17-20-6-3-9-24-23(20)8-4-11-25-24/h2-9,11,15,21,28H,10,12-14,16-18H2,1H3. The van der Waals surface area contributed by atoms with Gasteiger partial charge in [-0.05, 0) is 41.8 Å². The van der Waals surface area contributed by atoms with Crippen LogP contribution in [0.25, 0.3) is 10.9 Å². The molecule has 1 N–H and O–H groups in total. The lowest BCUT2D eigenvalue weighted by Crippen LogP contribution is -2.52. The summed E-state index contributed by atoms with van der Waals surface area (Å²) in [6.45, 7) is 4.98. The SMILES string of the molecule is COc1cccc(CN2CCN(Cc3cccc4ncccc34)CC2CCO)c1. The van der Waals surface area contributed by atoms with Crippen molar-refractivity contribution in [3.63, 3.8) is 0 Å². The van der Waals surface area contributed by atoms with Crippen molar-refractivity contribution in [1.29, 1.82) is 0 Å². The molecule has 4 rings (SSSR count). The van der Waals surface area contributed by atoms with E-state index in [2.05, 4.69) is 51.2 Å². The van der Waals surface area contributed by atoms with Crippen LogP contribution in [-0.4, -0.2) is 59.3 Å². The van der Waals surface area contributed by atoms with Gasteiger partial charge in [-0.15, -0.1) is 0 Å². The number of piperazine rings is 1. The van der Waals surface area contributed by atoms with Crippen molar-refractivity contribution in [3.05, 3.63) is 71.9 Å². The number of benzene rings is 2. The lowest BCUT2D eigenvalue weighted by atomic mass is 10.0. The van der Waals surface area contributed by atoms with Crippen LogP contribution in [0, 0.1) is 0 Å². The van der Waals surface area contributed by atoms with Crippen molar-refractivity contribution < 1.29 is 9.84 Å². The Hall–Kier alpha value is -2.47. The number of hydrogen-bond donors (Lipinski definition) is 1. The van der Waals surface area contributed by atoms with E-state index in [1.807, 2.05) is 24.4 Å². The number of pyridine rings is 1. The van der Waals surface area contributed by atoms with Gasteiger partial charge >= 0.3 is 0 Å². The van der Waals surface area contributed by atoms with Crippen LogP contribution in [0.5, 0.6) is 5.75 Å². The molecule has 5 nitrogen and oxygen atoms in total. The molecule has 0 amide bonds. The summed E-state index contributed by atoms with van der Waals surface area (Å²) in [5.41, 5.74) is 3.62. The minimum Gasteiger partial charge on any atom is -0.497 e. The normalized spacial score (nSPS) is 18.2. The number of fused-ring (bicyclic) bond motifs is 1. The topological polar surface area (TPSA) is 48.8 Å². The number of aliphatic hydroxyl groups excluding tert-OH is 1. The molecule has 2 heterocycles. The van der Waals surface area contributed by atoms with Crippen molar-refractivity contribution in [2.75, 3.05) is 33.4 Å². The molecule has 1 aliphatic heterocycles. The molecule has 0 spiro atoms. The molecule has 1 unspecified atom stereocenters. The third-order valence-corrected chi connectivity index (χ3v) is 5.80. The van der Waals surface area contributed by atoms with E-state index in [9.17, 15) is 5.11 Å². The van der Waals surface area contributed by atoms with Crippen molar-refractivity contribution in [2.45, 2.75) is 25.6 Å². The highest BCUT2D eigenvalue weighted by atomic mass is 16.5. The number of ether oxygens (including phenoxy) is 1. The summed E-state index contributed by atoms with van der Waals surface area (Å²) in [6, 6.07) is 19.1. The Bertz CT molecular complexity index is 941. The highest BCUT2D eigenvalue weighted by molar-refractivity contribution is 5.81. The maximum atomic E-state index is 9.63. The molecule has 1 aliphatic rings. The van der Waals surface area contributed by atoms with Crippen molar-refractivity contribution in [1.82, 2.24) is 14.8 Å². The third kappa shape index (κ3) is 4.75. The van der Waals surface area contributed by atoms with Crippen LogP contribution >= 0.6 is 0 Å². The van der Waals surface area contributed by atoms with Crippen molar-refractivity contribution in [3.8, 4) is 5.75 Å². The first kappa shape index (κ1) is 19.8. The quantitative estimate of drug-likeness (QED) is 0.670. The monoisotopic (exact) mass is 391 g/mol. The predicted octanol–water partition coefficient (Wildman–Crippen LogP) is 3.31. The molecule has 1 saturated heterocycles. The zero-order chi connectivity index (χ0) is 20.1. The summed E-state index contributed by atoms with van der Waals surface area (Å²) in [4.78, 5) is 9.48. The number of methoxy groups -OCH3 is 1. The van der Waals surface area contributed by atoms with Crippen molar-refractivity contribution in [2.24, 2.45) is 0 Å². The molecule has 1 aromatic heterocycles. The summed E-state index contributed by atoms with van der Waals surface area (Å²) in [5.74, 6) is 0.893. The van der Waals surface area contributed by atoms with Crippen LogP contribution < -0.4 is 4.74 Å². The summed E-state index contributed by atoms with van der Waals surface area (Å²) in [6.07, 6.45) is 2.64. The van der Waals surface area contributed by atoms with Gasteiger partial charge in [0.1, 0.15) is 5.75 Å². The van der Waals surface area contributed by atoms with E-state index in [0.29, 0.717) is 6.04 Å². The van der Waals surface area contributed by atoms with Gasteiger partial charge in [-0.25, -0.2) is 0 Å². The summed E-state index contributed by atoms with van der Waals surface area (Å²) < 4.78 is 5.37. The van der Waals surface area contributed by atoms with Crippen LogP contribution in [0.1, 0.15) is 17.5 Å². The van der Waals surface area contributed by atoms with Gasteiger partial charge in [-0.2, -0.15) is 0 Å². The predicted molar refractivity (Wildman–Crippen MR) is 116 cm³/mol. The first-order chi connectivity index (χ1) is 14.3. The van der Waals surface area contributed by atoms with E-state index in [4.69, 9.17) is 4.74 Å². The Labute approximate surface area is 172 Å². The zero-order valence-corrected chi connectivity index (χ0v) is 17.0. The lowest BCUT2D eigenvalue weighted by Gasteiger charge is -2.41. The highest BCUT2D eigenvalue weighted by Crippen LogP contribution is 2.23. The van der Waals surface area contributed by atoms with Crippen LogP contribution in [0.2, 0.25) is 0 Å². The number of hydrogen-bond acceptors (Lipinski definition) is 5. The Kier molecular flexibility index (Phi) is 6.39. The van der Waals surface area contributed by atoms with Crippen LogP contribution in [-0.2, 0) is 13.1 Å². The van der Waals surface area contributed by atoms with Gasteiger partial charge in [0.15, 0.2) is 0 Å². The average molecular weight is 392 g/mol. The van der Waals surface area contributed by atoms with E-state index in [1.54, 1.807) is 7.11 Å². The Morgan fingerprint density at radius 3 is 2.83 bits per heavy atom. The maximum absolute atomic E-state index is 9.63. The zero-order valence-electron chi connectivity index (χ0n) is 17.0. The van der Waals surface area contributed by atoms with Crippen LogP contribution in [0.15, 0.2) is 60.8 Å². The van der Waals surface area contributed by atoms with Crippen LogP contribution in [0.3, 0.4) is 0 Å². The molecule has 1 fully saturated rings. The molecule has 0 saturated carbocycles. The Morgan fingerprint density at radius 2 is 1.97 bits per heavy atom. The minimum absolute atomic E-state index is 0.214. The number of aromatic nitrogens is 1. The van der Waals surface area contributed by atoms with Gasteiger partial charge in [0.2, 0.25) is 0 Å². The van der Waals surface area contributed by atoms with Crippen LogP contribution in [0.4, 0.5) is 0 Å². The number of nitrogens with zero attached hydrogens (tertiary/aromatic N) is 3. The average Bonchev–Trinajstić information content (AvgIpc) is 2.76. The minimum atomic E-state index is 0.214. The molecule has 152 valence electrons. The highest BCUT2D eigenvalue weighted by Gasteiger charge is 2.27. The number of aliphatic hydroxyl groups is 1. The second kappa shape index (κ2) is 9.35. The first-order valence-corrected chi connectivity index (χ1v) is 10.3. The van der Waals surface area contributed by atoms with E-state index in [0.717, 1.165) is 50.4 Å². The molecule has 0 bridgehead atoms. The molecular weight excluding hydrogens is 362 g/mol. The smallest absolute Gasteiger partial charge is 0.119 e. The van der Waals surface area contributed by atoms with Gasteiger partial charge in [-0.3, -0.25) is 14.8 Å². The van der Waals surface area contributed by atoms with Gasteiger partial charge < -0.3 is 9.84 Å². The lowest BCUT2D eigenvalue weighted by molar-refractivity contribution is 0.0501. The molecule has 29 heavy (non-hydrogen) atoms. The fraction of sp³-hybridized carbons (Fsp3) is 0.375. The van der Waals surface area contributed by atoms with Crippen molar-refractivity contribution >= 4 is 10.9 Å².